The lowest BCUT2D eigenvalue weighted by atomic mass is 10.1. The van der Waals surface area contributed by atoms with Crippen molar-refractivity contribution in [1.29, 1.82) is 0 Å². The molecular formula is C23H23F3N4O4. The molecule has 3 aromatic rings. The molecule has 0 aliphatic carbocycles. The number of benzene rings is 2. The van der Waals surface area contributed by atoms with Crippen molar-refractivity contribution in [3.63, 3.8) is 0 Å². The summed E-state index contributed by atoms with van der Waals surface area (Å²) in [5.41, 5.74) is -0.0412. The van der Waals surface area contributed by atoms with Crippen LogP contribution in [0.4, 0.5) is 29.3 Å². The Morgan fingerprint density at radius 3 is 2.35 bits per heavy atom. The highest BCUT2D eigenvalue weighted by Crippen LogP contribution is 2.35. The maximum absolute atomic E-state index is 13.1. The molecule has 0 saturated carbocycles. The number of ether oxygens (including phenoxy) is 2. The number of carbonyl (C=O) groups is 1. The van der Waals surface area contributed by atoms with E-state index in [1.165, 1.54) is 50.6 Å². The molecule has 1 heterocycles. The largest absolute Gasteiger partial charge is 0.504 e. The van der Waals surface area contributed by atoms with Crippen molar-refractivity contribution in [1.82, 2.24) is 10.3 Å². The monoisotopic (exact) mass is 476 g/mol. The van der Waals surface area contributed by atoms with E-state index in [0.717, 1.165) is 6.07 Å². The number of alkyl halides is 3. The topological polar surface area (TPSA) is 105 Å². The zero-order valence-corrected chi connectivity index (χ0v) is 18.5. The molecule has 1 aromatic heterocycles. The van der Waals surface area contributed by atoms with Gasteiger partial charge in [0.05, 0.1) is 11.3 Å². The molecule has 1 atom stereocenters. The maximum Gasteiger partial charge on any atom is 0.416 e. The zero-order chi connectivity index (χ0) is 24.9. The van der Waals surface area contributed by atoms with E-state index < -0.39 is 24.0 Å². The van der Waals surface area contributed by atoms with Gasteiger partial charge >= 0.3 is 12.2 Å². The molecule has 0 saturated heterocycles. The number of methoxy groups -OCH3 is 1. The van der Waals surface area contributed by atoms with E-state index in [9.17, 15) is 23.1 Å². The Hall–Kier alpha value is -3.83. The van der Waals surface area contributed by atoms with Gasteiger partial charge in [-0.1, -0.05) is 6.07 Å². The van der Waals surface area contributed by atoms with Crippen LogP contribution < -0.4 is 20.7 Å². The highest BCUT2D eigenvalue weighted by Gasteiger charge is 2.32. The van der Waals surface area contributed by atoms with Crippen molar-refractivity contribution in [3.05, 3.63) is 71.5 Å². The lowest BCUT2D eigenvalue weighted by Crippen LogP contribution is -2.20. The van der Waals surface area contributed by atoms with Gasteiger partial charge in [0.15, 0.2) is 17.7 Å². The average Bonchev–Trinajstić information content (AvgIpc) is 2.77. The highest BCUT2D eigenvalue weighted by atomic mass is 19.4. The molecule has 34 heavy (non-hydrogen) atoms. The standard InChI is InChI=1S/C23H23F3N4O4/c1-13-4-5-14(10-17(13)23(24,25)26)29-22(32)30-15-6-7-20(19(31)11-15)34-16-8-9-28-18(12-16)21(27-2)33-3/h4-12,21,27,31H,1-3H3,(H2,29,30,32). The molecule has 2 aromatic carbocycles. The number of nitrogens with zero attached hydrogens (tertiary/aromatic N) is 1. The second kappa shape index (κ2) is 10.4. The number of amides is 2. The van der Waals surface area contributed by atoms with Gasteiger partial charge in [-0.2, -0.15) is 13.2 Å². The molecule has 4 N–H and O–H groups in total. The molecule has 8 nitrogen and oxygen atoms in total. The minimum atomic E-state index is -4.53. The predicted molar refractivity (Wildman–Crippen MR) is 120 cm³/mol. The number of pyridine rings is 1. The third-order valence-electron chi connectivity index (χ3n) is 4.76. The number of phenolic OH excluding ortho intramolecular Hbond substituents is 1. The fourth-order valence-electron chi connectivity index (χ4n) is 3.13. The minimum absolute atomic E-state index is 0.0241. The first-order valence-corrected chi connectivity index (χ1v) is 10.0. The number of carbonyl (C=O) groups excluding carboxylic acids is 1. The summed E-state index contributed by atoms with van der Waals surface area (Å²) in [4.78, 5) is 16.4. The molecule has 2 amide bonds. The van der Waals surface area contributed by atoms with E-state index in [1.54, 1.807) is 19.2 Å². The van der Waals surface area contributed by atoms with E-state index in [-0.39, 0.29) is 28.4 Å². The third-order valence-corrected chi connectivity index (χ3v) is 4.76. The van der Waals surface area contributed by atoms with E-state index in [4.69, 9.17) is 9.47 Å². The maximum atomic E-state index is 13.1. The van der Waals surface area contributed by atoms with Crippen molar-refractivity contribution in [3.8, 4) is 17.2 Å². The first-order valence-electron chi connectivity index (χ1n) is 10.0. The molecule has 0 bridgehead atoms. The summed E-state index contributed by atoms with van der Waals surface area (Å²) in [5, 5.41) is 18.0. The molecule has 0 spiro atoms. The first kappa shape index (κ1) is 24.8. The van der Waals surface area contributed by atoms with Crippen LogP contribution in [0.2, 0.25) is 0 Å². The van der Waals surface area contributed by atoms with Crippen molar-refractivity contribution in [2.24, 2.45) is 0 Å². The second-order valence-electron chi connectivity index (χ2n) is 7.21. The van der Waals surface area contributed by atoms with Crippen LogP contribution in [-0.2, 0) is 10.9 Å². The molecule has 1 unspecified atom stereocenters. The quantitative estimate of drug-likeness (QED) is 0.340. The van der Waals surface area contributed by atoms with Gasteiger partial charge in [0.2, 0.25) is 0 Å². The van der Waals surface area contributed by atoms with Gasteiger partial charge in [-0.05, 0) is 49.9 Å². The summed E-state index contributed by atoms with van der Waals surface area (Å²) in [5.74, 6) is 0.258. The SMILES string of the molecule is CNC(OC)c1cc(Oc2ccc(NC(=O)Nc3ccc(C)c(C(F)(F)F)c3)cc2O)ccn1. The molecular weight excluding hydrogens is 453 g/mol. The summed E-state index contributed by atoms with van der Waals surface area (Å²) in [7, 11) is 3.24. The Morgan fingerprint density at radius 1 is 1.06 bits per heavy atom. The lowest BCUT2D eigenvalue weighted by Gasteiger charge is -2.15. The Labute approximate surface area is 193 Å². The lowest BCUT2D eigenvalue weighted by molar-refractivity contribution is -0.138. The van der Waals surface area contributed by atoms with Gasteiger partial charge in [-0.25, -0.2) is 4.79 Å². The van der Waals surface area contributed by atoms with E-state index in [2.05, 4.69) is 20.9 Å². The molecule has 0 aliphatic heterocycles. The molecule has 3 rings (SSSR count). The summed E-state index contributed by atoms with van der Waals surface area (Å²) in [6.07, 6.45) is -3.45. The van der Waals surface area contributed by atoms with Gasteiger partial charge in [-0.15, -0.1) is 0 Å². The normalized spacial score (nSPS) is 12.2. The summed E-state index contributed by atoms with van der Waals surface area (Å²) in [6.45, 7) is 1.34. The van der Waals surface area contributed by atoms with Crippen molar-refractivity contribution in [2.45, 2.75) is 19.3 Å². The number of anilines is 2. The van der Waals surface area contributed by atoms with Gasteiger partial charge in [0.1, 0.15) is 5.75 Å². The molecule has 0 fully saturated rings. The fraction of sp³-hybridized carbons (Fsp3) is 0.217. The smallest absolute Gasteiger partial charge is 0.416 e. The zero-order valence-electron chi connectivity index (χ0n) is 18.5. The summed E-state index contributed by atoms with van der Waals surface area (Å²) >= 11 is 0. The van der Waals surface area contributed by atoms with Crippen LogP contribution in [0.3, 0.4) is 0 Å². The molecule has 0 radical (unpaired) electrons. The van der Waals surface area contributed by atoms with Gasteiger partial charge < -0.3 is 25.2 Å². The van der Waals surface area contributed by atoms with Crippen LogP contribution in [0.1, 0.15) is 23.0 Å². The van der Waals surface area contributed by atoms with E-state index in [0.29, 0.717) is 11.4 Å². The van der Waals surface area contributed by atoms with E-state index >= 15 is 0 Å². The summed E-state index contributed by atoms with van der Waals surface area (Å²) < 4.78 is 50.2. The van der Waals surface area contributed by atoms with Crippen LogP contribution in [0.5, 0.6) is 17.2 Å². The Kier molecular flexibility index (Phi) is 7.59. The number of aryl methyl sites for hydroxylation is 1. The van der Waals surface area contributed by atoms with Crippen LogP contribution in [0.15, 0.2) is 54.7 Å². The van der Waals surface area contributed by atoms with Crippen LogP contribution in [0.25, 0.3) is 0 Å². The van der Waals surface area contributed by atoms with Crippen LogP contribution in [0, 0.1) is 6.92 Å². The number of aromatic hydroxyl groups is 1. The highest BCUT2D eigenvalue weighted by molar-refractivity contribution is 6.00. The second-order valence-corrected chi connectivity index (χ2v) is 7.21. The third kappa shape index (κ3) is 6.15. The number of aromatic nitrogens is 1. The van der Waals surface area contributed by atoms with Gasteiger partial charge in [0, 0.05) is 36.8 Å². The average molecular weight is 476 g/mol. The van der Waals surface area contributed by atoms with Crippen molar-refractivity contribution < 1.29 is 32.5 Å². The number of urea groups is 1. The van der Waals surface area contributed by atoms with Crippen LogP contribution in [-0.4, -0.2) is 30.3 Å². The van der Waals surface area contributed by atoms with E-state index in [1.807, 2.05) is 0 Å². The van der Waals surface area contributed by atoms with Gasteiger partial charge in [-0.3, -0.25) is 10.3 Å². The van der Waals surface area contributed by atoms with Crippen molar-refractivity contribution in [2.75, 3.05) is 24.8 Å². The Balaban J connectivity index is 1.68. The predicted octanol–water partition coefficient (Wildman–Crippen LogP) is 5.42. The van der Waals surface area contributed by atoms with Gasteiger partial charge in [0.25, 0.3) is 0 Å². The number of phenols is 1. The van der Waals surface area contributed by atoms with Crippen molar-refractivity contribution >= 4 is 17.4 Å². The number of nitrogens with one attached hydrogen (secondary N) is 3. The van der Waals surface area contributed by atoms with Crippen LogP contribution >= 0.6 is 0 Å². The molecule has 11 heteroatoms. The molecule has 0 aliphatic rings. The number of halogens is 3. The summed E-state index contributed by atoms with van der Waals surface area (Å²) in [6, 6.07) is 10.1. The number of rotatable bonds is 7. The fourth-order valence-corrected chi connectivity index (χ4v) is 3.13. The minimum Gasteiger partial charge on any atom is -0.504 e. The Morgan fingerprint density at radius 2 is 1.74 bits per heavy atom. The number of hydrogen-bond acceptors (Lipinski definition) is 6. The first-order chi connectivity index (χ1) is 16.1. The number of hydrogen-bond donors (Lipinski definition) is 4. The Bertz CT molecular complexity index is 1170. The molecule has 180 valence electrons.